The molecule has 0 amide bonds. The van der Waals surface area contributed by atoms with Crippen molar-refractivity contribution in [2.24, 2.45) is 17.6 Å². The molecule has 0 aromatic rings. The van der Waals surface area contributed by atoms with Crippen molar-refractivity contribution in [2.75, 3.05) is 19.8 Å². The molecule has 0 saturated heterocycles. The fourth-order valence-electron chi connectivity index (χ4n) is 6.50. The molecule has 0 aromatic heterocycles. The highest BCUT2D eigenvalue weighted by Crippen LogP contribution is 2.43. The van der Waals surface area contributed by atoms with E-state index in [1.165, 1.54) is 38.5 Å². The average molecular weight is 832 g/mol. The van der Waals surface area contributed by atoms with E-state index in [0.717, 1.165) is 57.8 Å². The van der Waals surface area contributed by atoms with E-state index in [1.807, 2.05) is 0 Å². The van der Waals surface area contributed by atoms with Crippen molar-refractivity contribution in [1.82, 2.24) is 0 Å². The smallest absolute Gasteiger partial charge is 0.472 e. The number of carboxylic acid groups (broad SMARTS) is 1. The number of phosphoric ester groups is 1. The molecule has 1 aliphatic carbocycles. The van der Waals surface area contributed by atoms with E-state index < -0.39 is 76.0 Å². The predicted octanol–water partition coefficient (Wildman–Crippen LogP) is 7.22. The van der Waals surface area contributed by atoms with Gasteiger partial charge in [-0.05, 0) is 50.9 Å². The number of unbranched alkanes of at least 4 members (excludes halogenated alkanes) is 13. The van der Waals surface area contributed by atoms with Gasteiger partial charge in [0.2, 0.25) is 0 Å². The summed E-state index contributed by atoms with van der Waals surface area (Å²) in [7, 11) is -4.80. The van der Waals surface area contributed by atoms with E-state index in [0.29, 0.717) is 19.3 Å². The van der Waals surface area contributed by atoms with Crippen LogP contribution in [-0.4, -0.2) is 93.5 Å². The number of esters is 2. The lowest BCUT2D eigenvalue weighted by atomic mass is 9.89. The zero-order valence-electron chi connectivity index (χ0n) is 34.5. The van der Waals surface area contributed by atoms with Crippen molar-refractivity contribution in [2.45, 2.75) is 179 Å². The van der Waals surface area contributed by atoms with E-state index in [-0.39, 0.29) is 31.1 Å². The van der Waals surface area contributed by atoms with Crippen LogP contribution in [0.4, 0.5) is 0 Å². The first-order chi connectivity index (χ1) is 27.3. The first kappa shape index (κ1) is 52.6. The fourth-order valence-corrected chi connectivity index (χ4v) is 7.28. The van der Waals surface area contributed by atoms with E-state index in [4.69, 9.17) is 24.8 Å². The third-order valence-corrected chi connectivity index (χ3v) is 10.9. The third-order valence-electron chi connectivity index (χ3n) is 9.96. The molecule has 57 heavy (non-hydrogen) atoms. The van der Waals surface area contributed by atoms with Crippen molar-refractivity contribution < 1.29 is 62.8 Å². The van der Waals surface area contributed by atoms with Gasteiger partial charge in [0.05, 0.1) is 37.9 Å². The number of allylic oxidation sites excluding steroid dienone is 3. The minimum absolute atomic E-state index is 0.0851. The largest absolute Gasteiger partial charge is 0.480 e. The van der Waals surface area contributed by atoms with Crippen LogP contribution in [0.5, 0.6) is 0 Å². The van der Waals surface area contributed by atoms with Crippen LogP contribution in [0.3, 0.4) is 0 Å². The Hall–Kier alpha value is -2.42. The number of aliphatic hydroxyl groups is 3. The van der Waals surface area contributed by atoms with Crippen LogP contribution in [0.25, 0.3) is 0 Å². The van der Waals surface area contributed by atoms with Crippen molar-refractivity contribution in [3.8, 4) is 0 Å². The number of nitrogens with two attached hydrogens (primary N) is 1. The van der Waals surface area contributed by atoms with Gasteiger partial charge in [-0.25, -0.2) is 4.57 Å². The molecule has 0 radical (unpaired) electrons. The molecule has 15 heteroatoms. The molecule has 0 bridgehead atoms. The summed E-state index contributed by atoms with van der Waals surface area (Å²) in [6.07, 6.45) is 26.3. The van der Waals surface area contributed by atoms with Crippen LogP contribution < -0.4 is 5.73 Å². The van der Waals surface area contributed by atoms with Crippen molar-refractivity contribution in [3.05, 3.63) is 36.5 Å². The Morgan fingerprint density at radius 2 is 1.37 bits per heavy atom. The molecule has 0 aromatic carbocycles. The maximum atomic E-state index is 12.7. The van der Waals surface area contributed by atoms with Gasteiger partial charge in [-0.2, -0.15) is 0 Å². The van der Waals surface area contributed by atoms with E-state index in [9.17, 15) is 39.2 Å². The Morgan fingerprint density at radius 3 is 2.02 bits per heavy atom. The van der Waals surface area contributed by atoms with Crippen LogP contribution in [0.1, 0.15) is 149 Å². The van der Waals surface area contributed by atoms with Gasteiger partial charge in [-0.15, -0.1) is 0 Å². The molecule has 8 atom stereocenters. The second-order valence-corrected chi connectivity index (χ2v) is 16.6. The number of phosphoric acid groups is 1. The van der Waals surface area contributed by atoms with Crippen LogP contribution in [0.15, 0.2) is 36.5 Å². The highest BCUT2D eigenvalue weighted by Gasteiger charge is 2.39. The Kier molecular flexibility index (Phi) is 29.9. The molecule has 1 unspecified atom stereocenters. The normalized spacial score (nSPS) is 21.2. The molecule has 330 valence electrons. The SMILES string of the molecule is CCCCCCCC/C=C\CCCCCCCC(=O)O[C@H](COC(=O)C/C=C\C[C@H]1[C@@H](/C=C/[C@H](O)CCCCC)[C@H](O)C[C@@H]1O)COP(=O)(O)OC[C@H](N)C(=O)O. The molecule has 7 N–H and O–H groups in total. The molecule has 0 spiro atoms. The highest BCUT2D eigenvalue weighted by molar-refractivity contribution is 7.47. The maximum Gasteiger partial charge on any atom is 0.472 e. The first-order valence-corrected chi connectivity index (χ1v) is 22.8. The summed E-state index contributed by atoms with van der Waals surface area (Å²) in [5, 5.41) is 40.2. The quantitative estimate of drug-likeness (QED) is 0.0160. The Bertz CT molecular complexity index is 1230. The number of carbonyl (C=O) groups excluding carboxylic acids is 2. The molecular formula is C42H74NO13P. The van der Waals surface area contributed by atoms with Crippen molar-refractivity contribution >= 4 is 25.7 Å². The summed E-state index contributed by atoms with van der Waals surface area (Å²) < 4.78 is 32.6. The standard InChI is InChI=1S/C42H74NO13P/c1-3-5-7-8-9-10-11-12-13-14-15-16-17-18-20-26-41(48)56-34(31-54-57(51,52)55-32-37(43)42(49)50)30-53-40(47)25-22-21-24-35-36(39(46)29-38(35)45)28-27-33(44)23-19-6-4-2/h12-13,21-22,27-28,33-39,44-46H,3-11,14-20,23-26,29-32,43H2,1-2H3,(H,49,50)(H,51,52)/b13-12-,22-21-,28-27+/t33-,34-,35+,36-,37+,38+,39-/m1/s1. The average Bonchev–Trinajstić information content (AvgIpc) is 3.44. The van der Waals surface area contributed by atoms with Gasteiger partial charge in [0.25, 0.3) is 0 Å². The minimum Gasteiger partial charge on any atom is -0.480 e. The predicted molar refractivity (Wildman–Crippen MR) is 219 cm³/mol. The summed E-state index contributed by atoms with van der Waals surface area (Å²) in [6, 6.07) is -1.57. The number of carboxylic acids is 1. The summed E-state index contributed by atoms with van der Waals surface area (Å²) >= 11 is 0. The number of aliphatic carboxylic acids is 1. The number of hydrogen-bond acceptors (Lipinski definition) is 12. The number of rotatable bonds is 35. The van der Waals surface area contributed by atoms with Crippen LogP contribution >= 0.6 is 7.82 Å². The third kappa shape index (κ3) is 27.1. The summed E-state index contributed by atoms with van der Waals surface area (Å²) in [5.41, 5.74) is 5.32. The minimum atomic E-state index is -4.80. The first-order valence-electron chi connectivity index (χ1n) is 21.3. The van der Waals surface area contributed by atoms with E-state index in [2.05, 4.69) is 30.5 Å². The lowest BCUT2D eigenvalue weighted by molar-refractivity contribution is -0.160. The molecule has 1 fully saturated rings. The Labute approximate surface area is 340 Å². The van der Waals surface area contributed by atoms with Gasteiger partial charge in [0.1, 0.15) is 12.6 Å². The number of aliphatic hydroxyl groups excluding tert-OH is 3. The second-order valence-electron chi connectivity index (χ2n) is 15.1. The van der Waals surface area contributed by atoms with Gasteiger partial charge in [-0.3, -0.25) is 23.4 Å². The van der Waals surface area contributed by atoms with Gasteiger partial charge in [0.15, 0.2) is 6.10 Å². The number of carbonyl (C=O) groups is 3. The maximum absolute atomic E-state index is 12.7. The van der Waals surface area contributed by atoms with E-state index >= 15 is 0 Å². The zero-order chi connectivity index (χ0) is 42.3. The summed E-state index contributed by atoms with van der Waals surface area (Å²) in [5.74, 6) is -3.39. The zero-order valence-corrected chi connectivity index (χ0v) is 35.4. The molecule has 0 aliphatic heterocycles. The lowest BCUT2D eigenvalue weighted by Gasteiger charge is -2.20. The number of ether oxygens (including phenoxy) is 2. The van der Waals surface area contributed by atoms with Gasteiger partial charge < -0.3 is 40.5 Å². The van der Waals surface area contributed by atoms with Gasteiger partial charge in [-0.1, -0.05) is 121 Å². The van der Waals surface area contributed by atoms with Gasteiger partial charge in [0, 0.05) is 18.8 Å². The molecular weight excluding hydrogens is 757 g/mol. The van der Waals surface area contributed by atoms with Crippen molar-refractivity contribution in [1.29, 1.82) is 0 Å². The summed E-state index contributed by atoms with van der Waals surface area (Å²) in [6.45, 7) is 2.34. The summed E-state index contributed by atoms with van der Waals surface area (Å²) in [4.78, 5) is 46.2. The van der Waals surface area contributed by atoms with Crippen molar-refractivity contribution in [3.63, 3.8) is 0 Å². The molecule has 1 saturated carbocycles. The molecule has 0 heterocycles. The fraction of sp³-hybridized carbons (Fsp3) is 0.786. The van der Waals surface area contributed by atoms with Gasteiger partial charge >= 0.3 is 25.7 Å². The topological polar surface area (TPSA) is 232 Å². The van der Waals surface area contributed by atoms with Crippen LogP contribution in [0, 0.1) is 11.8 Å². The number of hydrogen-bond donors (Lipinski definition) is 6. The molecule has 1 aliphatic rings. The Morgan fingerprint density at radius 1 is 0.772 bits per heavy atom. The monoisotopic (exact) mass is 831 g/mol. The van der Waals surface area contributed by atoms with Crippen LogP contribution in [0.2, 0.25) is 0 Å². The Balaban J connectivity index is 2.57. The molecule has 1 rings (SSSR count). The lowest BCUT2D eigenvalue weighted by Crippen LogP contribution is -2.34. The highest BCUT2D eigenvalue weighted by atomic mass is 31.2. The second kappa shape index (κ2) is 32.4. The van der Waals surface area contributed by atoms with E-state index in [1.54, 1.807) is 24.3 Å². The van der Waals surface area contributed by atoms with Crippen LogP contribution in [-0.2, 0) is 37.5 Å². The molecule has 14 nitrogen and oxygen atoms in total.